The Labute approximate surface area is 143 Å². The number of aryl methyl sites for hydroxylation is 1. The van der Waals surface area contributed by atoms with Crippen LogP contribution in [0.2, 0.25) is 0 Å². The van der Waals surface area contributed by atoms with Gasteiger partial charge in [0, 0.05) is 13.6 Å². The van der Waals surface area contributed by atoms with Gasteiger partial charge in [0.25, 0.3) is 5.91 Å². The van der Waals surface area contributed by atoms with Crippen LogP contribution >= 0.6 is 0 Å². The third-order valence-corrected chi connectivity index (χ3v) is 4.97. The number of aromatic nitrogens is 3. The number of carbonyl (C=O) groups excluding carboxylic acids is 1. The number of hydrogen-bond donors (Lipinski definition) is 0. The lowest BCUT2D eigenvalue weighted by Gasteiger charge is -2.35. The van der Waals surface area contributed by atoms with E-state index >= 15 is 0 Å². The largest absolute Gasteiger partial charge is 0.366 e. The minimum absolute atomic E-state index is 0.0820. The average Bonchev–Trinajstić information content (AvgIpc) is 3.06. The molecule has 0 radical (unpaired) electrons. The van der Waals surface area contributed by atoms with Crippen LogP contribution in [0.3, 0.4) is 0 Å². The molecule has 0 bridgehead atoms. The molecule has 1 aromatic rings. The van der Waals surface area contributed by atoms with E-state index in [1.54, 1.807) is 6.33 Å². The zero-order chi connectivity index (χ0) is 16.9. The van der Waals surface area contributed by atoms with Gasteiger partial charge in [-0.2, -0.15) is 0 Å². The molecule has 0 spiro atoms. The zero-order valence-electron chi connectivity index (χ0n) is 14.7. The summed E-state index contributed by atoms with van der Waals surface area (Å²) in [5.74, 6) is 0.840. The summed E-state index contributed by atoms with van der Waals surface area (Å²) in [6, 6.07) is 0. The van der Waals surface area contributed by atoms with E-state index < -0.39 is 0 Å². The molecule has 1 saturated carbocycles. The van der Waals surface area contributed by atoms with Crippen molar-refractivity contribution in [1.82, 2.24) is 19.7 Å². The molecule has 1 aliphatic heterocycles. The van der Waals surface area contributed by atoms with Gasteiger partial charge in [-0.25, -0.2) is 0 Å². The summed E-state index contributed by atoms with van der Waals surface area (Å²) in [4.78, 5) is 14.8. The highest BCUT2D eigenvalue weighted by Crippen LogP contribution is 2.25. The van der Waals surface area contributed by atoms with E-state index in [-0.39, 0.29) is 24.2 Å². The van der Waals surface area contributed by atoms with Crippen LogP contribution in [0.25, 0.3) is 0 Å². The Hall–Kier alpha value is -1.47. The highest BCUT2D eigenvalue weighted by atomic mass is 16.5. The molecule has 2 heterocycles. The van der Waals surface area contributed by atoms with Gasteiger partial charge in [-0.05, 0) is 19.3 Å². The minimum Gasteiger partial charge on any atom is -0.366 e. The predicted octanol–water partition coefficient (Wildman–Crippen LogP) is 1.84. The number of rotatable bonds is 5. The van der Waals surface area contributed by atoms with Crippen molar-refractivity contribution in [3.63, 3.8) is 0 Å². The van der Waals surface area contributed by atoms with Gasteiger partial charge in [-0.15, -0.1) is 10.2 Å². The fourth-order valence-corrected chi connectivity index (χ4v) is 3.56. The minimum atomic E-state index is -0.341. The lowest BCUT2D eigenvalue weighted by Crippen LogP contribution is -2.48. The van der Waals surface area contributed by atoms with Crippen LogP contribution in [0.1, 0.15) is 57.4 Å². The van der Waals surface area contributed by atoms with Crippen molar-refractivity contribution in [2.45, 2.75) is 63.8 Å². The van der Waals surface area contributed by atoms with Gasteiger partial charge in [0.05, 0.1) is 19.3 Å². The van der Waals surface area contributed by atoms with Gasteiger partial charge in [0.15, 0.2) is 5.82 Å². The van der Waals surface area contributed by atoms with E-state index in [1.807, 2.05) is 23.4 Å². The van der Waals surface area contributed by atoms with E-state index in [0.29, 0.717) is 26.1 Å². The summed E-state index contributed by atoms with van der Waals surface area (Å²) in [6.45, 7) is 3.66. The highest BCUT2D eigenvalue weighted by molar-refractivity contribution is 5.81. The summed E-state index contributed by atoms with van der Waals surface area (Å²) < 4.78 is 13.8. The summed E-state index contributed by atoms with van der Waals surface area (Å²) >= 11 is 0. The fourth-order valence-electron chi connectivity index (χ4n) is 3.56. The highest BCUT2D eigenvalue weighted by Gasteiger charge is 2.32. The van der Waals surface area contributed by atoms with E-state index in [4.69, 9.17) is 9.47 Å². The maximum absolute atomic E-state index is 12.9. The van der Waals surface area contributed by atoms with Crippen molar-refractivity contribution in [1.29, 1.82) is 0 Å². The molecule has 2 fully saturated rings. The number of hydrogen-bond acceptors (Lipinski definition) is 5. The molecule has 24 heavy (non-hydrogen) atoms. The number of morpholine rings is 1. The molecule has 1 saturated heterocycles. The predicted molar refractivity (Wildman–Crippen MR) is 88.3 cm³/mol. The molecule has 134 valence electrons. The van der Waals surface area contributed by atoms with E-state index in [1.165, 1.54) is 19.3 Å². The number of ether oxygens (including phenoxy) is 2. The van der Waals surface area contributed by atoms with Crippen LogP contribution in [-0.4, -0.2) is 57.5 Å². The van der Waals surface area contributed by atoms with Gasteiger partial charge in [-0.3, -0.25) is 4.79 Å². The van der Waals surface area contributed by atoms with Gasteiger partial charge in [0.2, 0.25) is 0 Å². The molecule has 1 aliphatic carbocycles. The van der Waals surface area contributed by atoms with E-state index in [0.717, 1.165) is 18.7 Å². The second kappa shape index (κ2) is 8.07. The Balaban J connectivity index is 1.60. The maximum Gasteiger partial charge on any atom is 0.251 e. The van der Waals surface area contributed by atoms with Crippen molar-refractivity contribution in [3.05, 3.63) is 12.2 Å². The Bertz CT molecular complexity index is 542. The van der Waals surface area contributed by atoms with Crippen LogP contribution in [0.5, 0.6) is 0 Å². The number of nitrogens with zero attached hydrogens (tertiary/aromatic N) is 4. The Morgan fingerprint density at radius 1 is 1.42 bits per heavy atom. The quantitative estimate of drug-likeness (QED) is 0.821. The SMILES string of the molecule is CCC(OC1CCCCC1)C(=O)N1CCOC(c2nncn2C)C1. The molecular weight excluding hydrogens is 308 g/mol. The molecule has 1 amide bonds. The van der Waals surface area contributed by atoms with Crippen LogP contribution in [0, 0.1) is 0 Å². The average molecular weight is 336 g/mol. The van der Waals surface area contributed by atoms with Crippen LogP contribution in [0.15, 0.2) is 6.33 Å². The maximum atomic E-state index is 12.9. The molecule has 7 heteroatoms. The summed E-state index contributed by atoms with van der Waals surface area (Å²) in [6.07, 6.45) is 7.90. The summed E-state index contributed by atoms with van der Waals surface area (Å²) in [5.41, 5.74) is 0. The van der Waals surface area contributed by atoms with Gasteiger partial charge in [0.1, 0.15) is 18.5 Å². The molecule has 1 aromatic heterocycles. The van der Waals surface area contributed by atoms with Crippen LogP contribution in [-0.2, 0) is 21.3 Å². The number of amides is 1. The molecule has 2 aliphatic rings. The fraction of sp³-hybridized carbons (Fsp3) is 0.824. The Morgan fingerprint density at radius 3 is 2.88 bits per heavy atom. The van der Waals surface area contributed by atoms with Crippen molar-refractivity contribution in [3.8, 4) is 0 Å². The normalized spacial score (nSPS) is 24.1. The Morgan fingerprint density at radius 2 is 2.21 bits per heavy atom. The van der Waals surface area contributed by atoms with Crippen LogP contribution < -0.4 is 0 Å². The monoisotopic (exact) mass is 336 g/mol. The molecule has 0 aromatic carbocycles. The molecule has 2 unspecified atom stereocenters. The van der Waals surface area contributed by atoms with Crippen molar-refractivity contribution >= 4 is 5.91 Å². The zero-order valence-corrected chi connectivity index (χ0v) is 14.7. The molecule has 3 rings (SSSR count). The topological polar surface area (TPSA) is 69.5 Å². The van der Waals surface area contributed by atoms with Gasteiger partial charge in [-0.1, -0.05) is 26.2 Å². The summed E-state index contributed by atoms with van der Waals surface area (Å²) in [5, 5.41) is 8.01. The Kier molecular flexibility index (Phi) is 5.84. The smallest absolute Gasteiger partial charge is 0.251 e. The third kappa shape index (κ3) is 3.95. The van der Waals surface area contributed by atoms with Crippen molar-refractivity contribution < 1.29 is 14.3 Å². The first-order valence-electron chi connectivity index (χ1n) is 9.08. The second-order valence-corrected chi connectivity index (χ2v) is 6.74. The standard InChI is InChI=1S/C17H28N4O3/c1-3-14(24-13-7-5-4-6-8-13)17(22)21-9-10-23-15(11-21)16-19-18-12-20(16)2/h12-15H,3-11H2,1-2H3. The lowest BCUT2D eigenvalue weighted by molar-refractivity contribution is -0.156. The molecule has 0 N–H and O–H groups in total. The first kappa shape index (κ1) is 17.4. The molecular formula is C17H28N4O3. The van der Waals surface area contributed by atoms with E-state index in [2.05, 4.69) is 10.2 Å². The summed E-state index contributed by atoms with van der Waals surface area (Å²) in [7, 11) is 1.89. The van der Waals surface area contributed by atoms with Crippen molar-refractivity contribution in [2.75, 3.05) is 19.7 Å². The first-order chi connectivity index (χ1) is 11.7. The van der Waals surface area contributed by atoms with Gasteiger partial charge >= 0.3 is 0 Å². The number of carbonyl (C=O) groups is 1. The van der Waals surface area contributed by atoms with E-state index in [9.17, 15) is 4.79 Å². The molecule has 2 atom stereocenters. The third-order valence-electron chi connectivity index (χ3n) is 4.97. The van der Waals surface area contributed by atoms with Crippen molar-refractivity contribution in [2.24, 2.45) is 7.05 Å². The second-order valence-electron chi connectivity index (χ2n) is 6.74. The van der Waals surface area contributed by atoms with Gasteiger partial charge < -0.3 is 18.9 Å². The van der Waals surface area contributed by atoms with Crippen LogP contribution in [0.4, 0.5) is 0 Å². The first-order valence-corrected chi connectivity index (χ1v) is 9.08. The lowest BCUT2D eigenvalue weighted by atomic mass is 9.97. The molecule has 7 nitrogen and oxygen atoms in total.